The number of benzene rings is 1. The molecule has 58 heavy (non-hydrogen) atoms. The summed E-state index contributed by atoms with van der Waals surface area (Å²) in [6.45, 7) is 4.42. The molecule has 6 atom stereocenters. The van der Waals surface area contributed by atoms with E-state index in [1.165, 1.54) is 19.1 Å². The van der Waals surface area contributed by atoms with E-state index in [1.54, 1.807) is 13.8 Å². The van der Waals surface area contributed by atoms with Crippen LogP contribution < -0.4 is 54.0 Å². The van der Waals surface area contributed by atoms with E-state index in [9.17, 15) is 53.1 Å². The molecule has 0 saturated heterocycles. The standard InChI is InChI=1S/C33H53N10O14P/c1-16(2)26(32(52)53)43-30(50)21(5-4-14-38-33(36)37)40-27(47)17(3)39-31(51)23(15-18-6-8-19(9-7-18)57-58(54,55)56)42-29(49)22(11-13-25(45)46)41-28(48)20(34)10-12-24(35)44/h6-9,16-17,20-23,26H,4-5,10-15,34H2,1-3H3,(H2,35,44)(H,39,51)(H,40,47)(H,41,48)(H,42,49)(H,43,50)(H,45,46)(H,52,53)(H4,36,37,38)(H2,54,55,56)/t17-,20-,21-,22-,23-,26-/m0/s1. The SMILES string of the molecule is CC(C)[C@H](NC(=O)[C@H](CCCN=C(N)N)NC(=O)[C@H](C)NC(=O)[C@H](Cc1ccc(OP(=O)(O)O)cc1)NC(=O)[C@H](CCC(=O)O)NC(=O)[C@@H](N)CCC(N)=O)C(=O)O. The van der Waals surface area contributed by atoms with Gasteiger partial charge in [0.05, 0.1) is 6.04 Å². The second-order valence-corrected chi connectivity index (χ2v) is 14.6. The Morgan fingerprint density at radius 2 is 1.26 bits per heavy atom. The number of carboxylic acids is 2. The van der Waals surface area contributed by atoms with Gasteiger partial charge in [-0.15, -0.1) is 0 Å². The van der Waals surface area contributed by atoms with Crippen molar-refractivity contribution in [2.75, 3.05) is 6.54 Å². The molecule has 1 rings (SSSR count). The third-order valence-electron chi connectivity index (χ3n) is 8.10. The number of hydrogen-bond acceptors (Lipinski definition) is 12. The second-order valence-electron chi connectivity index (χ2n) is 13.4. The van der Waals surface area contributed by atoms with Crippen LogP contribution in [0.4, 0.5) is 0 Å². The fourth-order valence-corrected chi connectivity index (χ4v) is 5.40. The van der Waals surface area contributed by atoms with Gasteiger partial charge in [0.1, 0.15) is 36.0 Å². The number of aliphatic carboxylic acids is 2. The van der Waals surface area contributed by atoms with Crippen molar-refractivity contribution < 1.29 is 67.4 Å². The maximum absolute atomic E-state index is 13.7. The molecule has 1 aromatic rings. The minimum Gasteiger partial charge on any atom is -0.481 e. The predicted octanol–water partition coefficient (Wildman–Crippen LogP) is -3.60. The molecule has 0 radical (unpaired) electrons. The quantitative estimate of drug-likeness (QED) is 0.0185. The largest absolute Gasteiger partial charge is 0.524 e. The third-order valence-corrected chi connectivity index (χ3v) is 8.55. The topological polar surface area (TPSA) is 420 Å². The van der Waals surface area contributed by atoms with E-state index in [2.05, 4.69) is 36.1 Å². The molecule has 6 amide bonds. The van der Waals surface area contributed by atoms with Crippen LogP contribution in [0.15, 0.2) is 29.3 Å². The molecule has 0 spiro atoms. The number of guanidine groups is 1. The molecule has 0 unspecified atom stereocenters. The molecule has 0 aliphatic carbocycles. The van der Waals surface area contributed by atoms with Crippen molar-refractivity contribution in [2.24, 2.45) is 33.8 Å². The van der Waals surface area contributed by atoms with Gasteiger partial charge in [-0.2, -0.15) is 0 Å². The molecule has 25 heteroatoms. The Balaban J connectivity index is 3.40. The first-order valence-electron chi connectivity index (χ1n) is 17.8. The maximum Gasteiger partial charge on any atom is 0.524 e. The first-order chi connectivity index (χ1) is 26.9. The van der Waals surface area contributed by atoms with Crippen LogP contribution in [-0.2, 0) is 49.3 Å². The highest BCUT2D eigenvalue weighted by Gasteiger charge is 2.32. The Bertz CT molecular complexity index is 1700. The van der Waals surface area contributed by atoms with Crippen LogP contribution >= 0.6 is 7.82 Å². The highest BCUT2D eigenvalue weighted by molar-refractivity contribution is 7.46. The van der Waals surface area contributed by atoms with Crippen LogP contribution in [0.2, 0.25) is 0 Å². The van der Waals surface area contributed by atoms with Gasteiger partial charge in [-0.3, -0.25) is 48.3 Å². The van der Waals surface area contributed by atoms with E-state index in [0.29, 0.717) is 0 Å². The first-order valence-corrected chi connectivity index (χ1v) is 19.3. The number of phosphoric acid groups is 1. The summed E-state index contributed by atoms with van der Waals surface area (Å²) in [5.41, 5.74) is 21.9. The summed E-state index contributed by atoms with van der Waals surface area (Å²) in [4.78, 5) is 123. The number of hydrogen-bond donors (Lipinski definition) is 13. The van der Waals surface area contributed by atoms with E-state index < -0.39 is 110 Å². The van der Waals surface area contributed by atoms with Crippen LogP contribution in [0, 0.1) is 5.92 Å². The molecule has 324 valence electrons. The highest BCUT2D eigenvalue weighted by Crippen LogP contribution is 2.37. The average molecular weight is 845 g/mol. The Morgan fingerprint density at radius 3 is 1.78 bits per heavy atom. The van der Waals surface area contributed by atoms with Crippen LogP contribution in [-0.4, -0.2) is 116 Å². The predicted molar refractivity (Wildman–Crippen MR) is 204 cm³/mol. The van der Waals surface area contributed by atoms with Gasteiger partial charge < -0.3 is 64.3 Å². The molecular weight excluding hydrogens is 791 g/mol. The third kappa shape index (κ3) is 19.8. The molecule has 0 heterocycles. The lowest BCUT2D eigenvalue weighted by molar-refractivity contribution is -0.143. The van der Waals surface area contributed by atoms with E-state index in [0.717, 1.165) is 12.1 Å². The number of nitrogens with one attached hydrogen (secondary N) is 5. The number of rotatable bonds is 26. The first kappa shape index (κ1) is 50.2. The van der Waals surface area contributed by atoms with Gasteiger partial charge in [-0.05, 0) is 56.2 Å². The fourth-order valence-electron chi connectivity index (χ4n) is 5.00. The Labute approximate surface area is 332 Å². The summed E-state index contributed by atoms with van der Waals surface area (Å²) in [6.07, 6.45) is -1.79. The molecule has 1 aromatic carbocycles. The summed E-state index contributed by atoms with van der Waals surface area (Å²) < 4.78 is 15.8. The minimum atomic E-state index is -4.92. The van der Waals surface area contributed by atoms with Crippen molar-refractivity contribution in [3.05, 3.63) is 29.8 Å². The van der Waals surface area contributed by atoms with E-state index in [4.69, 9.17) is 32.7 Å². The van der Waals surface area contributed by atoms with Crippen LogP contribution in [0.1, 0.15) is 64.9 Å². The monoisotopic (exact) mass is 844 g/mol. The molecule has 17 N–H and O–H groups in total. The molecule has 0 saturated carbocycles. The number of carbonyl (C=O) groups is 8. The Morgan fingerprint density at radius 1 is 0.724 bits per heavy atom. The molecule has 0 fully saturated rings. The lowest BCUT2D eigenvalue weighted by atomic mass is 10.0. The maximum atomic E-state index is 13.7. The summed E-state index contributed by atoms with van der Waals surface area (Å²) in [5, 5.41) is 30.8. The molecule has 0 aliphatic heterocycles. The number of nitrogens with two attached hydrogens (primary N) is 4. The van der Waals surface area contributed by atoms with Crippen LogP contribution in [0.5, 0.6) is 5.75 Å². The van der Waals surface area contributed by atoms with Crippen molar-refractivity contribution in [3.8, 4) is 5.75 Å². The van der Waals surface area contributed by atoms with Crippen molar-refractivity contribution in [2.45, 2.75) is 102 Å². The van der Waals surface area contributed by atoms with Crippen molar-refractivity contribution in [3.63, 3.8) is 0 Å². The van der Waals surface area contributed by atoms with Gasteiger partial charge in [-0.1, -0.05) is 26.0 Å². The zero-order valence-corrected chi connectivity index (χ0v) is 33.0. The number of carboxylic acid groups (broad SMARTS) is 2. The number of phosphoric ester groups is 1. The van der Waals surface area contributed by atoms with Gasteiger partial charge in [0.2, 0.25) is 35.4 Å². The minimum absolute atomic E-state index is 0.0574. The second kappa shape index (κ2) is 24.0. The summed E-state index contributed by atoms with van der Waals surface area (Å²) in [6, 6.07) is -3.55. The highest BCUT2D eigenvalue weighted by atomic mass is 31.2. The Kier molecular flexibility index (Phi) is 20.8. The number of primary amides is 1. The van der Waals surface area contributed by atoms with Crippen molar-refractivity contribution in [1.82, 2.24) is 26.6 Å². The zero-order chi connectivity index (χ0) is 44.3. The van der Waals surface area contributed by atoms with Gasteiger partial charge in [0.15, 0.2) is 5.96 Å². The molecule has 24 nitrogen and oxygen atoms in total. The molecule has 0 aliphatic rings. The Hall–Kier alpha value is -5.84. The van der Waals surface area contributed by atoms with Gasteiger partial charge in [-0.25, -0.2) is 9.36 Å². The summed E-state index contributed by atoms with van der Waals surface area (Å²) in [7, 11) is -4.92. The zero-order valence-electron chi connectivity index (χ0n) is 32.1. The molecule has 0 aromatic heterocycles. The molecule has 0 bridgehead atoms. The normalized spacial score (nSPS) is 14.3. The van der Waals surface area contributed by atoms with Gasteiger partial charge >= 0.3 is 19.8 Å². The van der Waals surface area contributed by atoms with Crippen molar-refractivity contribution in [1.29, 1.82) is 0 Å². The average Bonchev–Trinajstić information content (AvgIpc) is 3.11. The number of nitrogens with zero attached hydrogens (tertiary/aromatic N) is 1. The fraction of sp³-hybridized carbons (Fsp3) is 0.545. The van der Waals surface area contributed by atoms with Crippen molar-refractivity contribution >= 4 is 61.2 Å². The lowest BCUT2D eigenvalue weighted by Crippen LogP contribution is -2.59. The van der Waals surface area contributed by atoms with Crippen LogP contribution in [0.25, 0.3) is 0 Å². The van der Waals surface area contributed by atoms with E-state index in [-0.39, 0.29) is 55.9 Å². The van der Waals surface area contributed by atoms with E-state index in [1.807, 2.05) is 0 Å². The summed E-state index contributed by atoms with van der Waals surface area (Å²) >= 11 is 0. The number of carbonyl (C=O) groups excluding carboxylic acids is 6. The van der Waals surface area contributed by atoms with Crippen LogP contribution in [0.3, 0.4) is 0 Å². The number of aliphatic imine (C=N–C) groups is 1. The van der Waals surface area contributed by atoms with E-state index >= 15 is 0 Å². The number of amides is 6. The molecular formula is C33H53N10O14P. The smallest absolute Gasteiger partial charge is 0.481 e. The summed E-state index contributed by atoms with van der Waals surface area (Å²) in [5.74, 6) is -9.13. The van der Waals surface area contributed by atoms with Gasteiger partial charge in [0, 0.05) is 25.8 Å². The lowest BCUT2D eigenvalue weighted by Gasteiger charge is -2.26. The van der Waals surface area contributed by atoms with Gasteiger partial charge in [0.25, 0.3) is 0 Å².